The first-order valence-electron chi connectivity index (χ1n) is 7.36. The van der Waals surface area contributed by atoms with E-state index in [1.807, 2.05) is 32.0 Å². The third kappa shape index (κ3) is 7.24. The molecule has 0 bridgehead atoms. The Bertz CT molecular complexity index is 392. The van der Waals surface area contributed by atoms with E-state index in [4.69, 9.17) is 15.2 Å². The van der Waals surface area contributed by atoms with Crippen LogP contribution in [0.2, 0.25) is 0 Å². The largest absolute Gasteiger partial charge is 0.491 e. The number of anilines is 2. The molecule has 0 aliphatic heterocycles. The van der Waals surface area contributed by atoms with Crippen LogP contribution < -0.4 is 15.8 Å². The molecule has 1 aromatic rings. The van der Waals surface area contributed by atoms with Crippen LogP contribution >= 0.6 is 0 Å². The van der Waals surface area contributed by atoms with Crippen molar-refractivity contribution in [2.24, 2.45) is 5.92 Å². The summed E-state index contributed by atoms with van der Waals surface area (Å²) in [4.78, 5) is 0. The van der Waals surface area contributed by atoms with Crippen molar-refractivity contribution in [3.05, 3.63) is 18.2 Å². The summed E-state index contributed by atoms with van der Waals surface area (Å²) in [6.07, 6.45) is 1.12. The van der Waals surface area contributed by atoms with Gasteiger partial charge in [0.25, 0.3) is 0 Å². The van der Waals surface area contributed by atoms with Gasteiger partial charge < -0.3 is 20.5 Å². The Labute approximate surface area is 122 Å². The molecule has 0 heterocycles. The Morgan fingerprint density at radius 1 is 1.15 bits per heavy atom. The van der Waals surface area contributed by atoms with E-state index in [0.29, 0.717) is 11.6 Å². The van der Waals surface area contributed by atoms with Gasteiger partial charge in [-0.15, -0.1) is 0 Å². The number of rotatable bonds is 9. The molecule has 4 heteroatoms. The molecule has 3 N–H and O–H groups in total. The maximum Gasteiger partial charge on any atom is 0.123 e. The number of hydrogen-bond acceptors (Lipinski definition) is 4. The van der Waals surface area contributed by atoms with Gasteiger partial charge in [-0.2, -0.15) is 0 Å². The number of nitrogens with one attached hydrogen (secondary N) is 1. The zero-order valence-electron chi connectivity index (χ0n) is 13.1. The van der Waals surface area contributed by atoms with Gasteiger partial charge in [0.2, 0.25) is 0 Å². The number of benzene rings is 1. The Morgan fingerprint density at radius 2 is 1.90 bits per heavy atom. The van der Waals surface area contributed by atoms with Gasteiger partial charge in [0, 0.05) is 43.3 Å². The lowest BCUT2D eigenvalue weighted by Crippen LogP contribution is -2.09. The summed E-state index contributed by atoms with van der Waals surface area (Å²) < 4.78 is 11.2. The van der Waals surface area contributed by atoms with E-state index in [1.165, 1.54) is 0 Å². The first-order chi connectivity index (χ1) is 9.47. The van der Waals surface area contributed by atoms with Gasteiger partial charge in [-0.1, -0.05) is 13.8 Å². The van der Waals surface area contributed by atoms with Gasteiger partial charge in [-0.25, -0.2) is 0 Å². The van der Waals surface area contributed by atoms with Crippen molar-refractivity contribution in [1.29, 1.82) is 0 Å². The van der Waals surface area contributed by atoms with Crippen molar-refractivity contribution in [3.63, 3.8) is 0 Å². The van der Waals surface area contributed by atoms with Gasteiger partial charge in [-0.3, -0.25) is 0 Å². The summed E-state index contributed by atoms with van der Waals surface area (Å²) in [6.45, 7) is 10.8. The van der Waals surface area contributed by atoms with E-state index < -0.39 is 0 Å². The summed E-state index contributed by atoms with van der Waals surface area (Å²) >= 11 is 0. The summed E-state index contributed by atoms with van der Waals surface area (Å²) in [6, 6.07) is 5.74. The van der Waals surface area contributed by atoms with Gasteiger partial charge >= 0.3 is 0 Å². The fraction of sp³-hybridized carbons (Fsp3) is 0.625. The Morgan fingerprint density at radius 3 is 2.55 bits per heavy atom. The zero-order chi connectivity index (χ0) is 15.0. The lowest BCUT2D eigenvalue weighted by atomic mass is 10.2. The Kier molecular flexibility index (Phi) is 7.23. The van der Waals surface area contributed by atoms with Crippen LogP contribution in [0.25, 0.3) is 0 Å². The first-order valence-corrected chi connectivity index (χ1v) is 7.36. The number of nitrogens with two attached hydrogens (primary N) is 1. The first kappa shape index (κ1) is 16.6. The average Bonchev–Trinajstić information content (AvgIpc) is 2.31. The molecule has 0 unspecified atom stereocenters. The molecule has 114 valence electrons. The number of ether oxygens (including phenoxy) is 2. The molecule has 1 aromatic carbocycles. The number of hydrogen-bond donors (Lipinski definition) is 2. The second-order valence-electron chi connectivity index (χ2n) is 5.71. The second kappa shape index (κ2) is 8.69. The second-order valence-corrected chi connectivity index (χ2v) is 5.71. The molecular formula is C16H28N2O2. The molecule has 0 spiro atoms. The predicted molar refractivity (Wildman–Crippen MR) is 85.4 cm³/mol. The molecule has 0 aliphatic rings. The minimum absolute atomic E-state index is 0.147. The summed E-state index contributed by atoms with van der Waals surface area (Å²) in [7, 11) is 0. The smallest absolute Gasteiger partial charge is 0.123 e. The topological polar surface area (TPSA) is 56.5 Å². The van der Waals surface area contributed by atoms with Gasteiger partial charge in [-0.05, 0) is 32.3 Å². The molecule has 0 fully saturated rings. The van der Waals surface area contributed by atoms with E-state index in [9.17, 15) is 0 Å². The van der Waals surface area contributed by atoms with Crippen LogP contribution in [0.15, 0.2) is 18.2 Å². The molecule has 20 heavy (non-hydrogen) atoms. The maximum absolute atomic E-state index is 5.88. The van der Waals surface area contributed by atoms with Crippen LogP contribution in [0.5, 0.6) is 5.75 Å². The highest BCUT2D eigenvalue weighted by atomic mass is 16.5. The minimum atomic E-state index is 0.147. The standard InChI is InChI=1S/C16H28N2O2/c1-12(2)11-19-7-5-6-18-15-8-14(17)9-16(10-15)20-13(3)4/h8-10,12-13,18H,5-7,11,17H2,1-4H3. The molecule has 1 rings (SSSR count). The molecule has 0 atom stereocenters. The molecule has 0 aromatic heterocycles. The van der Waals surface area contributed by atoms with Gasteiger partial charge in [0.05, 0.1) is 6.10 Å². The average molecular weight is 280 g/mol. The zero-order valence-corrected chi connectivity index (χ0v) is 13.1. The predicted octanol–water partition coefficient (Wildman–Crippen LogP) is 3.53. The van der Waals surface area contributed by atoms with Crippen molar-refractivity contribution in [2.45, 2.75) is 40.2 Å². The third-order valence-corrected chi connectivity index (χ3v) is 2.55. The van der Waals surface area contributed by atoms with Crippen LogP contribution in [-0.4, -0.2) is 25.9 Å². The monoisotopic (exact) mass is 280 g/mol. The normalized spacial score (nSPS) is 11.1. The van der Waals surface area contributed by atoms with E-state index in [1.54, 1.807) is 0 Å². The highest BCUT2D eigenvalue weighted by Gasteiger charge is 2.02. The highest BCUT2D eigenvalue weighted by molar-refractivity contribution is 5.59. The quantitative estimate of drug-likeness (QED) is 0.536. The van der Waals surface area contributed by atoms with E-state index in [-0.39, 0.29) is 6.10 Å². The van der Waals surface area contributed by atoms with Crippen molar-refractivity contribution in [2.75, 3.05) is 30.8 Å². The number of nitrogen functional groups attached to an aromatic ring is 1. The van der Waals surface area contributed by atoms with E-state index in [2.05, 4.69) is 19.2 Å². The van der Waals surface area contributed by atoms with E-state index >= 15 is 0 Å². The highest BCUT2D eigenvalue weighted by Crippen LogP contribution is 2.23. The molecule has 0 saturated carbocycles. The van der Waals surface area contributed by atoms with Crippen LogP contribution in [0.1, 0.15) is 34.1 Å². The molecule has 4 nitrogen and oxygen atoms in total. The summed E-state index contributed by atoms with van der Waals surface area (Å²) in [5.41, 5.74) is 7.58. The van der Waals surface area contributed by atoms with Crippen molar-refractivity contribution in [3.8, 4) is 5.75 Å². The van der Waals surface area contributed by atoms with Crippen molar-refractivity contribution < 1.29 is 9.47 Å². The molecule has 0 aliphatic carbocycles. The van der Waals surface area contributed by atoms with Gasteiger partial charge in [0.1, 0.15) is 5.75 Å². The summed E-state index contributed by atoms with van der Waals surface area (Å²) in [5, 5.41) is 3.35. The Hall–Kier alpha value is -1.42. The molecule has 0 amide bonds. The van der Waals surface area contributed by atoms with Crippen LogP contribution in [0, 0.1) is 5.92 Å². The fourth-order valence-electron chi connectivity index (χ4n) is 1.79. The van der Waals surface area contributed by atoms with Crippen LogP contribution in [-0.2, 0) is 4.74 Å². The van der Waals surface area contributed by atoms with Crippen molar-refractivity contribution >= 4 is 11.4 Å². The van der Waals surface area contributed by atoms with Crippen LogP contribution in [0.3, 0.4) is 0 Å². The molecule has 0 saturated heterocycles. The molecular weight excluding hydrogens is 252 g/mol. The third-order valence-electron chi connectivity index (χ3n) is 2.55. The van der Waals surface area contributed by atoms with E-state index in [0.717, 1.165) is 37.6 Å². The van der Waals surface area contributed by atoms with Gasteiger partial charge in [0.15, 0.2) is 0 Å². The lowest BCUT2D eigenvalue weighted by Gasteiger charge is -2.13. The molecule has 0 radical (unpaired) electrons. The lowest BCUT2D eigenvalue weighted by molar-refractivity contribution is 0.110. The SMILES string of the molecule is CC(C)COCCCNc1cc(N)cc(OC(C)C)c1. The Balaban J connectivity index is 2.34. The van der Waals surface area contributed by atoms with Crippen molar-refractivity contribution in [1.82, 2.24) is 0 Å². The minimum Gasteiger partial charge on any atom is -0.491 e. The fourth-order valence-corrected chi connectivity index (χ4v) is 1.79. The van der Waals surface area contributed by atoms with Crippen LogP contribution in [0.4, 0.5) is 11.4 Å². The summed E-state index contributed by atoms with van der Waals surface area (Å²) in [5.74, 6) is 1.39. The maximum atomic E-state index is 5.88.